The molecule has 0 aliphatic carbocycles. The average molecular weight is 284 g/mol. The first-order valence-electron chi connectivity index (χ1n) is 5.50. The molecule has 0 aromatic carbocycles. The third kappa shape index (κ3) is 4.92. The zero-order chi connectivity index (χ0) is 12.3. The summed E-state index contributed by atoms with van der Waals surface area (Å²) in [6.07, 6.45) is 0.912. The number of halogens is 3. The number of hydrogen-bond donors (Lipinski definition) is 0. The number of hydrogen-bond acceptors (Lipinski definition) is 3. The van der Waals surface area contributed by atoms with E-state index in [1.54, 1.807) is 0 Å². The molecular formula is C10H13BF3KN2O. The Labute approximate surface area is 147 Å². The Kier molecular flexibility index (Phi) is 6.80. The van der Waals surface area contributed by atoms with Crippen LogP contribution in [0.3, 0.4) is 0 Å². The van der Waals surface area contributed by atoms with Gasteiger partial charge in [0.15, 0.2) is 0 Å². The van der Waals surface area contributed by atoms with Gasteiger partial charge in [0.25, 0.3) is 0 Å². The van der Waals surface area contributed by atoms with E-state index >= 15 is 0 Å². The molecule has 2 rings (SSSR count). The number of morpholine rings is 1. The quantitative estimate of drug-likeness (QED) is 0.599. The Bertz CT molecular complexity index is 368. The van der Waals surface area contributed by atoms with Crippen molar-refractivity contribution in [1.29, 1.82) is 0 Å². The Hall–Kier alpha value is 0.561. The van der Waals surface area contributed by atoms with Crippen molar-refractivity contribution in [3.63, 3.8) is 0 Å². The van der Waals surface area contributed by atoms with Gasteiger partial charge in [-0.1, -0.05) is 11.5 Å². The predicted molar refractivity (Wildman–Crippen MR) is 59.0 cm³/mol. The summed E-state index contributed by atoms with van der Waals surface area (Å²) < 4.78 is 42.3. The monoisotopic (exact) mass is 284 g/mol. The zero-order valence-corrected chi connectivity index (χ0v) is 13.4. The van der Waals surface area contributed by atoms with Crippen molar-refractivity contribution >= 4 is 12.4 Å². The van der Waals surface area contributed by atoms with Gasteiger partial charge in [0.1, 0.15) is 0 Å². The van der Waals surface area contributed by atoms with Gasteiger partial charge < -0.3 is 17.7 Å². The molecule has 0 spiro atoms. The molecule has 0 atom stereocenters. The molecule has 94 valence electrons. The SMILES string of the molecule is F[B-](F)(F)c1ccc(CN2CCOCC2)nc1.[K+]. The molecule has 0 unspecified atom stereocenters. The van der Waals surface area contributed by atoms with Crippen LogP contribution in [0.15, 0.2) is 18.3 Å². The second kappa shape index (κ2) is 7.37. The van der Waals surface area contributed by atoms with E-state index in [-0.39, 0.29) is 51.4 Å². The van der Waals surface area contributed by atoms with Gasteiger partial charge in [-0.15, -0.1) is 0 Å². The van der Waals surface area contributed by atoms with E-state index in [2.05, 4.69) is 9.88 Å². The summed E-state index contributed by atoms with van der Waals surface area (Å²) in [6, 6.07) is 2.54. The van der Waals surface area contributed by atoms with Crippen LogP contribution in [0, 0.1) is 0 Å². The number of rotatable bonds is 3. The van der Waals surface area contributed by atoms with Crippen molar-refractivity contribution < 1.29 is 69.1 Å². The maximum absolute atomic E-state index is 12.4. The van der Waals surface area contributed by atoms with Gasteiger partial charge in [-0.3, -0.25) is 9.88 Å². The standard InChI is InChI=1S/C10H13BF3N2O.K/c12-11(13,14)9-1-2-10(15-7-9)8-16-3-5-17-6-4-16;/h1-2,7H,3-6,8H2;/q-1;+1. The molecule has 0 saturated carbocycles. The predicted octanol–water partition coefficient (Wildman–Crippen LogP) is -2.03. The van der Waals surface area contributed by atoms with Crippen LogP contribution < -0.4 is 56.8 Å². The Morgan fingerprint density at radius 3 is 2.39 bits per heavy atom. The summed E-state index contributed by atoms with van der Waals surface area (Å²) in [4.78, 5) is 5.97. The molecule has 18 heavy (non-hydrogen) atoms. The molecule has 0 N–H and O–H groups in total. The van der Waals surface area contributed by atoms with E-state index < -0.39 is 12.4 Å². The molecule has 1 aromatic rings. The van der Waals surface area contributed by atoms with E-state index in [0.717, 1.165) is 25.4 Å². The van der Waals surface area contributed by atoms with Crippen LogP contribution in [0.5, 0.6) is 0 Å². The van der Waals surface area contributed by atoms with Crippen molar-refractivity contribution in [1.82, 2.24) is 9.88 Å². The second-order valence-corrected chi connectivity index (χ2v) is 4.05. The minimum atomic E-state index is -4.94. The minimum Gasteiger partial charge on any atom is -0.445 e. The molecule has 1 aliphatic rings. The number of ether oxygens (including phenoxy) is 1. The van der Waals surface area contributed by atoms with Crippen LogP contribution in [0.4, 0.5) is 12.9 Å². The molecule has 1 saturated heterocycles. The van der Waals surface area contributed by atoms with E-state index in [1.807, 2.05) is 0 Å². The van der Waals surface area contributed by atoms with E-state index in [9.17, 15) is 12.9 Å². The summed E-state index contributed by atoms with van der Waals surface area (Å²) in [6.45, 7) is -1.43. The van der Waals surface area contributed by atoms with Crippen molar-refractivity contribution in [3.8, 4) is 0 Å². The molecule has 1 fully saturated rings. The molecule has 3 nitrogen and oxygen atoms in total. The van der Waals surface area contributed by atoms with Gasteiger partial charge in [-0.25, -0.2) is 0 Å². The van der Waals surface area contributed by atoms with Crippen molar-refractivity contribution in [2.24, 2.45) is 0 Å². The summed E-state index contributed by atoms with van der Waals surface area (Å²) in [5.74, 6) is 0. The fourth-order valence-electron chi connectivity index (χ4n) is 1.71. The van der Waals surface area contributed by atoms with Gasteiger partial charge >= 0.3 is 58.4 Å². The van der Waals surface area contributed by atoms with Crippen LogP contribution in [0.1, 0.15) is 5.69 Å². The minimum absolute atomic E-state index is 0. The van der Waals surface area contributed by atoms with Gasteiger partial charge in [-0.05, 0) is 6.07 Å². The molecule has 0 amide bonds. The fraction of sp³-hybridized carbons (Fsp3) is 0.500. The van der Waals surface area contributed by atoms with Crippen molar-refractivity contribution in [2.75, 3.05) is 26.3 Å². The Balaban J connectivity index is 0.00000162. The second-order valence-electron chi connectivity index (χ2n) is 4.05. The molecule has 1 aromatic heterocycles. The first kappa shape index (κ1) is 16.6. The zero-order valence-electron chi connectivity index (χ0n) is 10.3. The van der Waals surface area contributed by atoms with Crippen LogP contribution >= 0.6 is 0 Å². The normalized spacial score (nSPS) is 17.3. The van der Waals surface area contributed by atoms with Gasteiger partial charge in [0.05, 0.1) is 18.9 Å². The topological polar surface area (TPSA) is 25.4 Å². The molecule has 0 radical (unpaired) electrons. The number of pyridine rings is 1. The molecule has 0 bridgehead atoms. The molecule has 8 heteroatoms. The van der Waals surface area contributed by atoms with E-state index in [0.29, 0.717) is 25.5 Å². The van der Waals surface area contributed by atoms with Crippen molar-refractivity contribution in [2.45, 2.75) is 6.54 Å². The smallest absolute Gasteiger partial charge is 0.445 e. The summed E-state index contributed by atoms with van der Waals surface area (Å²) in [5.41, 5.74) is 0.0198. The van der Waals surface area contributed by atoms with Crippen LogP contribution in [-0.4, -0.2) is 43.2 Å². The molecular weight excluding hydrogens is 271 g/mol. The summed E-state index contributed by atoms with van der Waals surface area (Å²) >= 11 is 0. The fourth-order valence-corrected chi connectivity index (χ4v) is 1.71. The van der Waals surface area contributed by atoms with E-state index in [1.165, 1.54) is 6.07 Å². The van der Waals surface area contributed by atoms with Crippen molar-refractivity contribution in [3.05, 3.63) is 24.0 Å². The third-order valence-corrected chi connectivity index (χ3v) is 2.71. The third-order valence-electron chi connectivity index (χ3n) is 2.71. The first-order chi connectivity index (χ1) is 8.05. The van der Waals surface area contributed by atoms with Crippen LogP contribution in [0.25, 0.3) is 0 Å². The van der Waals surface area contributed by atoms with Gasteiger partial charge in [-0.2, -0.15) is 0 Å². The first-order valence-corrected chi connectivity index (χ1v) is 5.50. The Morgan fingerprint density at radius 2 is 1.89 bits per heavy atom. The molecule has 2 heterocycles. The summed E-state index contributed by atoms with van der Waals surface area (Å²) in [5, 5.41) is 0. The van der Waals surface area contributed by atoms with Gasteiger partial charge in [0, 0.05) is 25.8 Å². The number of aromatic nitrogens is 1. The maximum atomic E-state index is 12.4. The molecule has 1 aliphatic heterocycles. The average Bonchev–Trinajstić information content (AvgIpc) is 2.30. The largest absolute Gasteiger partial charge is 1.00 e. The Morgan fingerprint density at radius 1 is 1.22 bits per heavy atom. The summed E-state index contributed by atoms with van der Waals surface area (Å²) in [7, 11) is 0. The van der Waals surface area contributed by atoms with Crippen LogP contribution in [0.2, 0.25) is 0 Å². The number of nitrogens with zero attached hydrogens (tertiary/aromatic N) is 2. The maximum Gasteiger partial charge on any atom is 1.00 e. The van der Waals surface area contributed by atoms with Crippen LogP contribution in [-0.2, 0) is 11.3 Å². The van der Waals surface area contributed by atoms with E-state index in [4.69, 9.17) is 4.74 Å². The van der Waals surface area contributed by atoms with Gasteiger partial charge in [0.2, 0.25) is 0 Å².